The molecule has 80 valence electrons. The van der Waals surface area contributed by atoms with Crippen molar-refractivity contribution in [1.82, 2.24) is 9.97 Å². The average molecular weight is 236 g/mol. The Kier molecular flexibility index (Phi) is 1.73. The second kappa shape index (κ2) is 3.25. The molecule has 2 aromatic heterocycles. The fraction of sp³-hybridized carbons (Fsp3) is 0. The molecular formula is C14H8N2S. The fourth-order valence-corrected chi connectivity index (χ4v) is 3.09. The van der Waals surface area contributed by atoms with Crippen LogP contribution in [0, 0.1) is 0 Å². The van der Waals surface area contributed by atoms with E-state index in [9.17, 15) is 0 Å². The molecule has 0 saturated carbocycles. The van der Waals surface area contributed by atoms with E-state index in [1.165, 1.54) is 15.5 Å². The minimum atomic E-state index is 1.04. The van der Waals surface area contributed by atoms with Gasteiger partial charge in [0.15, 0.2) is 0 Å². The van der Waals surface area contributed by atoms with Crippen molar-refractivity contribution in [3.8, 4) is 0 Å². The first-order valence-electron chi connectivity index (χ1n) is 5.44. The number of aromatic nitrogens is 2. The summed E-state index contributed by atoms with van der Waals surface area (Å²) in [5.41, 5.74) is 3.16. The Bertz CT molecular complexity index is 842. The van der Waals surface area contributed by atoms with E-state index < -0.39 is 0 Å². The minimum absolute atomic E-state index is 1.04. The van der Waals surface area contributed by atoms with Crippen LogP contribution < -0.4 is 0 Å². The summed E-state index contributed by atoms with van der Waals surface area (Å²) >= 11 is 1.72. The normalized spacial score (nSPS) is 11.5. The average Bonchev–Trinajstić information content (AvgIpc) is 2.77. The van der Waals surface area contributed by atoms with Crippen molar-refractivity contribution in [2.24, 2.45) is 0 Å². The highest BCUT2D eigenvalue weighted by Gasteiger charge is 2.08. The van der Waals surface area contributed by atoms with E-state index in [2.05, 4.69) is 34.2 Å². The van der Waals surface area contributed by atoms with Crippen LogP contribution >= 0.6 is 11.3 Å². The molecule has 17 heavy (non-hydrogen) atoms. The van der Waals surface area contributed by atoms with E-state index in [4.69, 9.17) is 0 Å². The number of benzene rings is 2. The molecule has 0 radical (unpaired) electrons. The summed E-state index contributed by atoms with van der Waals surface area (Å²) in [6.45, 7) is 0. The fourth-order valence-electron chi connectivity index (χ4n) is 2.26. The van der Waals surface area contributed by atoms with E-state index in [-0.39, 0.29) is 0 Å². The SMILES string of the molecule is c1ccc2c(c1)nc1ccc3nccsc3c12. The molecule has 4 aromatic rings. The smallest absolute Gasteiger partial charge is 0.0809 e. The van der Waals surface area contributed by atoms with E-state index in [0.717, 1.165) is 16.6 Å². The molecule has 0 aliphatic carbocycles. The van der Waals surface area contributed by atoms with Gasteiger partial charge in [-0.25, -0.2) is 4.98 Å². The highest BCUT2D eigenvalue weighted by Crippen LogP contribution is 2.32. The van der Waals surface area contributed by atoms with Crippen LogP contribution in [0.5, 0.6) is 0 Å². The van der Waals surface area contributed by atoms with Crippen LogP contribution in [0.2, 0.25) is 0 Å². The third-order valence-corrected chi connectivity index (χ3v) is 3.90. The van der Waals surface area contributed by atoms with Gasteiger partial charge >= 0.3 is 0 Å². The van der Waals surface area contributed by atoms with Crippen LogP contribution in [0.1, 0.15) is 0 Å². The topological polar surface area (TPSA) is 25.8 Å². The maximum absolute atomic E-state index is 4.64. The zero-order valence-electron chi connectivity index (χ0n) is 8.92. The van der Waals surface area contributed by atoms with Gasteiger partial charge in [0.05, 0.1) is 21.3 Å². The Balaban J connectivity index is 2.38. The first kappa shape index (κ1) is 9.07. The van der Waals surface area contributed by atoms with Crippen molar-refractivity contribution in [2.75, 3.05) is 0 Å². The second-order valence-electron chi connectivity index (χ2n) is 3.97. The maximum atomic E-state index is 4.64. The van der Waals surface area contributed by atoms with Gasteiger partial charge in [0.1, 0.15) is 0 Å². The van der Waals surface area contributed by atoms with E-state index in [1.54, 1.807) is 11.3 Å². The molecule has 4 rings (SSSR count). The summed E-state index contributed by atoms with van der Waals surface area (Å²) < 4.78 is 1.22. The number of hydrogen-bond donors (Lipinski definition) is 0. The summed E-state index contributed by atoms with van der Waals surface area (Å²) in [7, 11) is 0. The Morgan fingerprint density at radius 3 is 2.76 bits per heavy atom. The molecule has 0 aliphatic heterocycles. The molecule has 2 heterocycles. The number of hydrogen-bond acceptors (Lipinski definition) is 3. The van der Waals surface area contributed by atoms with Crippen molar-refractivity contribution >= 4 is 43.4 Å². The zero-order valence-corrected chi connectivity index (χ0v) is 9.74. The van der Waals surface area contributed by atoms with Gasteiger partial charge in [-0.15, -0.1) is 11.3 Å². The number of nitrogens with zero attached hydrogens (tertiary/aromatic N) is 2. The van der Waals surface area contributed by atoms with Gasteiger partial charge < -0.3 is 0 Å². The third-order valence-electron chi connectivity index (χ3n) is 2.99. The van der Waals surface area contributed by atoms with Crippen LogP contribution in [-0.2, 0) is 0 Å². The Hall–Kier alpha value is -2.00. The number of rotatable bonds is 0. The van der Waals surface area contributed by atoms with Crippen LogP contribution in [-0.4, -0.2) is 9.97 Å². The summed E-state index contributed by atoms with van der Waals surface area (Å²) in [6.07, 6.45) is 1.84. The first-order chi connectivity index (χ1) is 8.43. The van der Waals surface area contributed by atoms with Crippen LogP contribution in [0.4, 0.5) is 0 Å². The lowest BCUT2D eigenvalue weighted by Crippen LogP contribution is -1.75. The molecule has 0 bridgehead atoms. The quantitative estimate of drug-likeness (QED) is 0.461. The van der Waals surface area contributed by atoms with Gasteiger partial charge in [0.25, 0.3) is 0 Å². The van der Waals surface area contributed by atoms with E-state index in [0.29, 0.717) is 0 Å². The van der Waals surface area contributed by atoms with Crippen LogP contribution in [0.3, 0.4) is 0 Å². The lowest BCUT2D eigenvalue weighted by Gasteiger charge is -1.97. The number of fused-ring (bicyclic) bond motifs is 5. The predicted molar refractivity (Wildman–Crippen MR) is 72.4 cm³/mol. The Labute approximate surface area is 102 Å². The van der Waals surface area contributed by atoms with Gasteiger partial charge in [-0.3, -0.25) is 4.98 Å². The van der Waals surface area contributed by atoms with Gasteiger partial charge in [-0.2, -0.15) is 0 Å². The first-order valence-corrected chi connectivity index (χ1v) is 6.32. The van der Waals surface area contributed by atoms with Gasteiger partial charge in [-0.1, -0.05) is 18.2 Å². The lowest BCUT2D eigenvalue weighted by atomic mass is 10.1. The van der Waals surface area contributed by atoms with Crippen LogP contribution in [0.15, 0.2) is 48.0 Å². The van der Waals surface area contributed by atoms with E-state index >= 15 is 0 Å². The molecule has 0 amide bonds. The molecule has 0 saturated heterocycles. The standard InChI is InChI=1S/C14H8N2S/c1-2-4-10-9(3-1)13-11(16-10)5-6-12-14(13)17-8-7-15-12/h1-8H. The molecular weight excluding hydrogens is 228 g/mol. The van der Waals surface area contributed by atoms with Crippen molar-refractivity contribution in [3.63, 3.8) is 0 Å². The summed E-state index contributed by atoms with van der Waals surface area (Å²) in [4.78, 5) is 9.04. The molecule has 3 heteroatoms. The predicted octanol–water partition coefficient (Wildman–Crippen LogP) is 4.00. The lowest BCUT2D eigenvalue weighted by molar-refractivity contribution is 1.45. The zero-order chi connectivity index (χ0) is 11.2. The monoisotopic (exact) mass is 236 g/mol. The summed E-state index contributed by atoms with van der Waals surface area (Å²) in [5.74, 6) is 0. The van der Waals surface area contributed by atoms with E-state index in [1.807, 2.05) is 23.7 Å². The molecule has 2 aromatic carbocycles. The van der Waals surface area contributed by atoms with Gasteiger partial charge in [0, 0.05) is 22.3 Å². The third kappa shape index (κ3) is 1.20. The van der Waals surface area contributed by atoms with Gasteiger partial charge in [-0.05, 0) is 18.2 Å². The van der Waals surface area contributed by atoms with Crippen molar-refractivity contribution in [1.29, 1.82) is 0 Å². The largest absolute Gasteiger partial charge is 0.255 e. The molecule has 0 fully saturated rings. The van der Waals surface area contributed by atoms with Crippen molar-refractivity contribution < 1.29 is 0 Å². The van der Waals surface area contributed by atoms with Crippen molar-refractivity contribution in [3.05, 3.63) is 48.0 Å². The minimum Gasteiger partial charge on any atom is -0.255 e. The Morgan fingerprint density at radius 1 is 0.882 bits per heavy atom. The molecule has 0 atom stereocenters. The summed E-state index contributed by atoms with van der Waals surface area (Å²) in [6, 6.07) is 12.4. The molecule has 2 nitrogen and oxygen atoms in total. The second-order valence-corrected chi connectivity index (χ2v) is 4.89. The molecule has 0 spiro atoms. The maximum Gasteiger partial charge on any atom is 0.0809 e. The Morgan fingerprint density at radius 2 is 1.76 bits per heavy atom. The highest BCUT2D eigenvalue weighted by atomic mass is 32.1. The molecule has 0 aliphatic rings. The van der Waals surface area contributed by atoms with Crippen molar-refractivity contribution in [2.45, 2.75) is 0 Å². The van der Waals surface area contributed by atoms with Gasteiger partial charge in [0.2, 0.25) is 0 Å². The molecule has 0 unspecified atom stereocenters. The highest BCUT2D eigenvalue weighted by molar-refractivity contribution is 7.17. The molecule has 0 N–H and O–H groups in total. The van der Waals surface area contributed by atoms with Crippen LogP contribution in [0.25, 0.3) is 32.0 Å². The number of para-hydroxylation sites is 1. The summed E-state index contributed by atoms with van der Waals surface area (Å²) in [5, 5.41) is 4.47.